The fourth-order valence-electron chi connectivity index (χ4n) is 3.47. The summed E-state index contributed by atoms with van der Waals surface area (Å²) in [5.41, 5.74) is 6.90. The van der Waals surface area contributed by atoms with Gasteiger partial charge in [-0.1, -0.05) is 40.9 Å². The van der Waals surface area contributed by atoms with Crippen molar-refractivity contribution in [1.82, 2.24) is 5.32 Å². The number of carbonyl (C=O) groups excluding carboxylic acids is 1. The minimum atomic E-state index is -0.343. The number of halogens is 1. The van der Waals surface area contributed by atoms with Crippen molar-refractivity contribution in [3.63, 3.8) is 0 Å². The van der Waals surface area contributed by atoms with Crippen LogP contribution in [0.4, 0.5) is 0 Å². The van der Waals surface area contributed by atoms with Gasteiger partial charge >= 0.3 is 0 Å². The smallest absolute Gasteiger partial charge is 0.230 e. The van der Waals surface area contributed by atoms with Gasteiger partial charge in [-0.15, -0.1) is 0 Å². The zero-order valence-corrected chi connectivity index (χ0v) is 13.9. The lowest BCUT2D eigenvalue weighted by Gasteiger charge is -2.29. The Labute approximate surface area is 134 Å². The van der Waals surface area contributed by atoms with Crippen molar-refractivity contribution in [3.8, 4) is 0 Å². The molecule has 114 valence electrons. The van der Waals surface area contributed by atoms with Crippen LogP contribution in [0, 0.1) is 5.92 Å². The van der Waals surface area contributed by atoms with E-state index in [1.807, 2.05) is 12.1 Å². The zero-order valence-electron chi connectivity index (χ0n) is 12.3. The molecule has 1 atom stereocenters. The van der Waals surface area contributed by atoms with Crippen LogP contribution in [0.5, 0.6) is 0 Å². The minimum absolute atomic E-state index is 0.123. The summed E-state index contributed by atoms with van der Waals surface area (Å²) in [7, 11) is 0. The van der Waals surface area contributed by atoms with E-state index in [4.69, 9.17) is 5.73 Å². The first kappa shape index (κ1) is 15.0. The molecule has 0 saturated heterocycles. The standard InChI is InChI=1S/C17H23BrN2O/c18-14-7-5-13(6-8-14)17(9-1-2-10-17)16(21)20-11-15(19)12-3-4-12/h5-8,12,15H,1-4,9-11,19H2,(H,20,21). The van der Waals surface area contributed by atoms with Crippen LogP contribution >= 0.6 is 15.9 Å². The van der Waals surface area contributed by atoms with Crippen LogP contribution in [0.2, 0.25) is 0 Å². The van der Waals surface area contributed by atoms with E-state index in [-0.39, 0.29) is 17.4 Å². The molecule has 0 aliphatic heterocycles. The van der Waals surface area contributed by atoms with E-state index in [9.17, 15) is 4.79 Å². The fourth-order valence-corrected chi connectivity index (χ4v) is 3.73. The van der Waals surface area contributed by atoms with Crippen molar-refractivity contribution in [1.29, 1.82) is 0 Å². The van der Waals surface area contributed by atoms with Gasteiger partial charge < -0.3 is 11.1 Å². The number of rotatable bonds is 5. The molecule has 1 aromatic carbocycles. The van der Waals surface area contributed by atoms with E-state index in [1.165, 1.54) is 12.8 Å². The normalized spacial score (nSPS) is 22.0. The number of amides is 1. The van der Waals surface area contributed by atoms with Gasteiger partial charge in [0, 0.05) is 17.1 Å². The second-order valence-electron chi connectivity index (χ2n) is 6.51. The molecule has 2 aliphatic carbocycles. The van der Waals surface area contributed by atoms with Gasteiger partial charge in [-0.3, -0.25) is 4.79 Å². The molecule has 4 heteroatoms. The number of hydrogen-bond acceptors (Lipinski definition) is 2. The molecule has 2 fully saturated rings. The van der Waals surface area contributed by atoms with Crippen molar-refractivity contribution in [3.05, 3.63) is 34.3 Å². The van der Waals surface area contributed by atoms with Gasteiger partial charge in [0.25, 0.3) is 0 Å². The van der Waals surface area contributed by atoms with Gasteiger partial charge in [-0.25, -0.2) is 0 Å². The molecular formula is C17H23BrN2O. The maximum atomic E-state index is 12.8. The predicted molar refractivity (Wildman–Crippen MR) is 88.0 cm³/mol. The quantitative estimate of drug-likeness (QED) is 0.856. The topological polar surface area (TPSA) is 55.1 Å². The maximum Gasteiger partial charge on any atom is 0.230 e. The average molecular weight is 351 g/mol. The summed E-state index contributed by atoms with van der Waals surface area (Å²) in [5, 5.41) is 3.12. The molecule has 21 heavy (non-hydrogen) atoms. The van der Waals surface area contributed by atoms with Crippen LogP contribution in [0.25, 0.3) is 0 Å². The molecule has 0 radical (unpaired) electrons. The Kier molecular flexibility index (Phi) is 4.36. The summed E-state index contributed by atoms with van der Waals surface area (Å²) >= 11 is 3.46. The zero-order chi connectivity index (χ0) is 14.9. The highest BCUT2D eigenvalue weighted by Crippen LogP contribution is 2.41. The van der Waals surface area contributed by atoms with Crippen LogP contribution in [-0.4, -0.2) is 18.5 Å². The van der Waals surface area contributed by atoms with Crippen molar-refractivity contribution in [2.24, 2.45) is 11.7 Å². The summed E-state index contributed by atoms with van der Waals surface area (Å²) in [4.78, 5) is 12.8. The third kappa shape index (κ3) is 3.16. The Hall–Kier alpha value is -0.870. The molecule has 3 rings (SSSR count). The average Bonchev–Trinajstić information content (AvgIpc) is 3.23. The van der Waals surface area contributed by atoms with E-state index in [0.717, 1.165) is 35.7 Å². The Morgan fingerprint density at radius 2 is 1.90 bits per heavy atom. The van der Waals surface area contributed by atoms with Crippen molar-refractivity contribution >= 4 is 21.8 Å². The lowest BCUT2D eigenvalue weighted by molar-refractivity contribution is -0.126. The molecule has 0 spiro atoms. The van der Waals surface area contributed by atoms with Crippen molar-refractivity contribution in [2.45, 2.75) is 50.0 Å². The van der Waals surface area contributed by atoms with Crippen LogP contribution < -0.4 is 11.1 Å². The third-order valence-electron chi connectivity index (χ3n) is 5.01. The van der Waals surface area contributed by atoms with E-state index in [1.54, 1.807) is 0 Å². The molecule has 0 aromatic heterocycles. The molecule has 1 amide bonds. The fraction of sp³-hybridized carbons (Fsp3) is 0.588. The Morgan fingerprint density at radius 3 is 2.48 bits per heavy atom. The van der Waals surface area contributed by atoms with Gasteiger partial charge in [0.05, 0.1) is 5.41 Å². The molecule has 2 saturated carbocycles. The number of carbonyl (C=O) groups is 1. The summed E-state index contributed by atoms with van der Waals surface area (Å²) < 4.78 is 1.05. The largest absolute Gasteiger partial charge is 0.354 e. The van der Waals surface area contributed by atoms with Crippen LogP contribution in [0.15, 0.2) is 28.7 Å². The first-order valence-corrected chi connectivity index (χ1v) is 8.71. The van der Waals surface area contributed by atoms with Gasteiger partial charge in [-0.2, -0.15) is 0 Å². The first-order chi connectivity index (χ1) is 10.1. The lowest BCUT2D eigenvalue weighted by atomic mass is 9.78. The highest BCUT2D eigenvalue weighted by molar-refractivity contribution is 9.10. The van der Waals surface area contributed by atoms with Gasteiger partial charge in [0.1, 0.15) is 0 Å². The Bertz CT molecular complexity index is 504. The van der Waals surface area contributed by atoms with Crippen LogP contribution in [0.1, 0.15) is 44.1 Å². The van der Waals surface area contributed by atoms with E-state index in [0.29, 0.717) is 12.5 Å². The Balaban J connectivity index is 1.73. The maximum absolute atomic E-state index is 12.8. The number of hydrogen-bond donors (Lipinski definition) is 2. The monoisotopic (exact) mass is 350 g/mol. The molecular weight excluding hydrogens is 328 g/mol. The highest BCUT2D eigenvalue weighted by atomic mass is 79.9. The minimum Gasteiger partial charge on any atom is -0.354 e. The molecule has 1 aromatic rings. The van der Waals surface area contributed by atoms with Crippen molar-refractivity contribution < 1.29 is 4.79 Å². The summed E-state index contributed by atoms with van der Waals surface area (Å²) in [6.45, 7) is 0.613. The summed E-state index contributed by atoms with van der Waals surface area (Å²) in [6.07, 6.45) is 6.57. The van der Waals surface area contributed by atoms with Crippen molar-refractivity contribution in [2.75, 3.05) is 6.54 Å². The molecule has 3 nitrogen and oxygen atoms in total. The van der Waals surface area contributed by atoms with E-state index >= 15 is 0 Å². The second-order valence-corrected chi connectivity index (χ2v) is 7.42. The molecule has 3 N–H and O–H groups in total. The molecule has 0 heterocycles. The number of nitrogens with one attached hydrogen (secondary N) is 1. The Morgan fingerprint density at radius 1 is 1.29 bits per heavy atom. The summed E-state index contributed by atoms with van der Waals surface area (Å²) in [5.74, 6) is 0.788. The molecule has 1 unspecified atom stereocenters. The first-order valence-electron chi connectivity index (χ1n) is 7.92. The van der Waals surface area contributed by atoms with Gasteiger partial charge in [0.15, 0.2) is 0 Å². The highest BCUT2D eigenvalue weighted by Gasteiger charge is 2.42. The molecule has 2 aliphatic rings. The van der Waals surface area contributed by atoms with Crippen LogP contribution in [0.3, 0.4) is 0 Å². The SMILES string of the molecule is NC(CNC(=O)C1(c2ccc(Br)cc2)CCCC1)C1CC1. The third-order valence-corrected chi connectivity index (χ3v) is 5.54. The van der Waals surface area contributed by atoms with E-state index < -0.39 is 0 Å². The second kappa shape index (κ2) is 6.09. The lowest BCUT2D eigenvalue weighted by Crippen LogP contribution is -2.47. The van der Waals surface area contributed by atoms with Gasteiger partial charge in [0.2, 0.25) is 5.91 Å². The molecule has 0 bridgehead atoms. The summed E-state index contributed by atoms with van der Waals surface area (Å²) in [6, 6.07) is 8.33. The van der Waals surface area contributed by atoms with Gasteiger partial charge in [-0.05, 0) is 49.3 Å². The number of nitrogens with two attached hydrogens (primary N) is 1. The predicted octanol–water partition coefficient (Wildman–Crippen LogP) is 3.11. The number of benzene rings is 1. The van der Waals surface area contributed by atoms with E-state index in [2.05, 4.69) is 33.4 Å². The van der Waals surface area contributed by atoms with Crippen LogP contribution in [-0.2, 0) is 10.2 Å².